The van der Waals surface area contributed by atoms with Crippen LogP contribution in [0, 0.1) is 0 Å². The van der Waals surface area contributed by atoms with Crippen LogP contribution in [0.4, 0.5) is 0 Å². The molecule has 2 heterocycles. The van der Waals surface area contributed by atoms with Crippen LogP contribution in [0.2, 0.25) is 0 Å². The zero-order valence-corrected chi connectivity index (χ0v) is 21.1. The summed E-state index contributed by atoms with van der Waals surface area (Å²) in [6.45, 7) is 26.1. The molecule has 0 saturated carbocycles. The van der Waals surface area contributed by atoms with E-state index in [1.54, 1.807) is 4.88 Å². The van der Waals surface area contributed by atoms with Gasteiger partial charge < -0.3 is 0 Å². The maximum atomic E-state index is 2.28. The van der Waals surface area contributed by atoms with Gasteiger partial charge in [-0.05, 0) is 62.6 Å². The Balaban J connectivity index is 0. The van der Waals surface area contributed by atoms with E-state index in [2.05, 4.69) is 77.6 Å². The summed E-state index contributed by atoms with van der Waals surface area (Å²) in [6, 6.07) is 2.25. The van der Waals surface area contributed by atoms with Crippen molar-refractivity contribution < 1.29 is 0 Å². The van der Waals surface area contributed by atoms with Crippen molar-refractivity contribution in [3.63, 3.8) is 0 Å². The van der Waals surface area contributed by atoms with E-state index in [4.69, 9.17) is 0 Å². The van der Waals surface area contributed by atoms with Crippen molar-refractivity contribution in [1.29, 1.82) is 0 Å². The fourth-order valence-electron chi connectivity index (χ4n) is 2.53. The molecule has 0 aliphatic heterocycles. The summed E-state index contributed by atoms with van der Waals surface area (Å²) in [7, 11) is 0. The van der Waals surface area contributed by atoms with Gasteiger partial charge in [-0.25, -0.2) is 0 Å². The van der Waals surface area contributed by atoms with Crippen LogP contribution in [0.3, 0.4) is 0 Å². The van der Waals surface area contributed by atoms with Crippen molar-refractivity contribution >= 4 is 22.7 Å². The number of hydrogen-bond donors (Lipinski definition) is 0. The van der Waals surface area contributed by atoms with E-state index in [1.807, 2.05) is 50.4 Å². The summed E-state index contributed by atoms with van der Waals surface area (Å²) in [5.74, 6) is 2.73. The highest BCUT2D eigenvalue weighted by molar-refractivity contribution is 7.10. The van der Waals surface area contributed by atoms with Gasteiger partial charge in [-0.1, -0.05) is 83.1 Å². The third kappa shape index (κ3) is 9.37. The van der Waals surface area contributed by atoms with Gasteiger partial charge in [-0.15, -0.1) is 11.3 Å². The third-order valence-corrected chi connectivity index (χ3v) is 5.85. The molecule has 0 atom stereocenters. The molecule has 0 aromatic carbocycles. The number of rotatable bonds is 4. The first-order valence-corrected chi connectivity index (χ1v) is 12.2. The van der Waals surface area contributed by atoms with Crippen molar-refractivity contribution in [2.45, 2.75) is 107 Å². The molecule has 26 heavy (non-hydrogen) atoms. The van der Waals surface area contributed by atoms with Gasteiger partial charge in [0.25, 0.3) is 0 Å². The molecule has 2 rings (SSSR count). The van der Waals surface area contributed by atoms with Gasteiger partial charge in [0.15, 0.2) is 0 Å². The molecule has 0 fully saturated rings. The molecular formula is C24H44S2. The van der Waals surface area contributed by atoms with Crippen molar-refractivity contribution in [2.75, 3.05) is 0 Å². The summed E-state index contributed by atoms with van der Waals surface area (Å²) in [5.41, 5.74) is 4.60. The van der Waals surface area contributed by atoms with Crippen molar-refractivity contribution in [3.05, 3.63) is 43.8 Å². The highest BCUT2D eigenvalue weighted by atomic mass is 32.1. The average Bonchev–Trinajstić information content (AvgIpc) is 3.28. The molecule has 0 radical (unpaired) electrons. The molecule has 0 aliphatic rings. The SMILES string of the molecule is CC.CC.CC(C)c1ccsc1C(C)C.CC(C)c1cscc1C(C)C. The lowest BCUT2D eigenvalue weighted by Crippen LogP contribution is -1.93. The second-order valence-electron chi connectivity index (χ2n) is 7.14. The maximum absolute atomic E-state index is 2.28. The van der Waals surface area contributed by atoms with E-state index in [0.29, 0.717) is 23.7 Å². The van der Waals surface area contributed by atoms with Crippen LogP contribution in [0.15, 0.2) is 22.2 Å². The highest BCUT2D eigenvalue weighted by Crippen LogP contribution is 2.30. The summed E-state index contributed by atoms with van der Waals surface area (Å²) < 4.78 is 0. The van der Waals surface area contributed by atoms with E-state index in [9.17, 15) is 0 Å². The Bertz CT molecular complexity index is 447. The van der Waals surface area contributed by atoms with Gasteiger partial charge in [0, 0.05) is 4.88 Å². The van der Waals surface area contributed by atoms with Gasteiger partial charge in [0.05, 0.1) is 0 Å². The summed E-state index contributed by atoms with van der Waals surface area (Å²) in [6.07, 6.45) is 0. The van der Waals surface area contributed by atoms with Crippen LogP contribution in [0.1, 0.15) is 128 Å². The quantitative estimate of drug-likeness (QED) is 0.482. The molecule has 0 nitrogen and oxygen atoms in total. The van der Waals surface area contributed by atoms with Crippen molar-refractivity contribution in [2.24, 2.45) is 0 Å². The third-order valence-electron chi connectivity index (χ3n) is 3.84. The number of hydrogen-bond acceptors (Lipinski definition) is 2. The van der Waals surface area contributed by atoms with Crippen LogP contribution in [-0.2, 0) is 0 Å². The highest BCUT2D eigenvalue weighted by Gasteiger charge is 2.10. The van der Waals surface area contributed by atoms with Crippen LogP contribution >= 0.6 is 22.7 Å². The second-order valence-corrected chi connectivity index (χ2v) is 8.83. The zero-order chi connectivity index (χ0) is 20.9. The molecule has 0 spiro atoms. The Kier molecular flexibility index (Phi) is 16.4. The van der Waals surface area contributed by atoms with Gasteiger partial charge >= 0.3 is 0 Å². The Morgan fingerprint density at radius 2 is 0.962 bits per heavy atom. The Hall–Kier alpha value is -0.600. The molecule has 0 bridgehead atoms. The summed E-state index contributed by atoms with van der Waals surface area (Å²) in [4.78, 5) is 1.56. The van der Waals surface area contributed by atoms with Gasteiger partial charge in [0.2, 0.25) is 0 Å². The lowest BCUT2D eigenvalue weighted by Gasteiger charge is -2.09. The largest absolute Gasteiger partial charge is 0.152 e. The van der Waals surface area contributed by atoms with Crippen LogP contribution in [-0.4, -0.2) is 0 Å². The molecular weight excluding hydrogens is 352 g/mol. The molecule has 0 unspecified atom stereocenters. The molecule has 152 valence electrons. The minimum Gasteiger partial charge on any atom is -0.152 e. The lowest BCUT2D eigenvalue weighted by molar-refractivity contribution is 0.798. The zero-order valence-electron chi connectivity index (χ0n) is 19.4. The predicted molar refractivity (Wildman–Crippen MR) is 128 cm³/mol. The fourth-order valence-corrected chi connectivity index (χ4v) is 4.78. The first kappa shape index (κ1) is 27.6. The molecule has 0 aliphatic carbocycles. The maximum Gasteiger partial charge on any atom is 0.0105 e. The van der Waals surface area contributed by atoms with E-state index in [1.165, 1.54) is 16.7 Å². The molecule has 2 aromatic rings. The Morgan fingerprint density at radius 3 is 1.23 bits per heavy atom. The van der Waals surface area contributed by atoms with E-state index < -0.39 is 0 Å². The standard InChI is InChI=1S/2C10H16S.2C2H6/c1-7(2)9-5-11-6-10(9)8(3)4;1-7(2)9-5-6-11-10(9)8(3)4;2*1-2/h2*5-8H,1-4H3;2*1-2H3. The summed E-state index contributed by atoms with van der Waals surface area (Å²) in [5, 5.41) is 6.75. The monoisotopic (exact) mass is 396 g/mol. The van der Waals surface area contributed by atoms with Gasteiger partial charge in [-0.2, -0.15) is 11.3 Å². The van der Waals surface area contributed by atoms with E-state index in [0.717, 1.165) is 0 Å². The molecule has 0 N–H and O–H groups in total. The molecule has 0 saturated heterocycles. The fraction of sp³-hybridized carbons (Fsp3) is 0.667. The first-order valence-electron chi connectivity index (χ1n) is 10.4. The minimum absolute atomic E-state index is 0.679. The Morgan fingerprint density at radius 1 is 0.577 bits per heavy atom. The minimum atomic E-state index is 0.679. The van der Waals surface area contributed by atoms with E-state index in [-0.39, 0.29) is 0 Å². The van der Waals surface area contributed by atoms with Crippen molar-refractivity contribution in [3.8, 4) is 0 Å². The van der Waals surface area contributed by atoms with Crippen molar-refractivity contribution in [1.82, 2.24) is 0 Å². The molecule has 2 heteroatoms. The van der Waals surface area contributed by atoms with Crippen LogP contribution in [0.5, 0.6) is 0 Å². The molecule has 2 aromatic heterocycles. The van der Waals surface area contributed by atoms with Gasteiger partial charge in [-0.3, -0.25) is 0 Å². The number of thiophene rings is 2. The average molecular weight is 397 g/mol. The van der Waals surface area contributed by atoms with Crippen LogP contribution < -0.4 is 0 Å². The lowest BCUT2D eigenvalue weighted by atomic mass is 9.95. The van der Waals surface area contributed by atoms with Crippen LogP contribution in [0.25, 0.3) is 0 Å². The smallest absolute Gasteiger partial charge is 0.0105 e. The second kappa shape index (κ2) is 15.5. The summed E-state index contributed by atoms with van der Waals surface area (Å²) >= 11 is 3.71. The molecule has 0 amide bonds. The Labute approximate surface area is 173 Å². The normalized spacial score (nSPS) is 10.2. The topological polar surface area (TPSA) is 0 Å². The predicted octanol–water partition coefficient (Wildman–Crippen LogP) is 10.0. The van der Waals surface area contributed by atoms with Gasteiger partial charge in [0.1, 0.15) is 0 Å². The van der Waals surface area contributed by atoms with E-state index >= 15 is 0 Å². The first-order chi connectivity index (χ1) is 12.3.